The highest BCUT2D eigenvalue weighted by Crippen LogP contribution is 2.19. The van der Waals surface area contributed by atoms with Gasteiger partial charge >= 0.3 is 0 Å². The van der Waals surface area contributed by atoms with E-state index in [0.717, 1.165) is 43.4 Å². The Bertz CT molecular complexity index is 816. The third-order valence-corrected chi connectivity index (χ3v) is 6.84. The molecule has 138 valence electrons. The molecule has 1 aromatic heterocycles. The number of unbranched alkanes of at least 4 members (excludes halogenated alkanes) is 1. The number of carbonyl (C=O) groups is 1. The highest BCUT2D eigenvalue weighted by molar-refractivity contribution is 7.91. The molecule has 7 nitrogen and oxygen atoms in total. The Kier molecular flexibility index (Phi) is 5.27. The highest BCUT2D eigenvalue weighted by Gasteiger charge is 2.34. The van der Waals surface area contributed by atoms with Crippen LogP contribution in [-0.2, 0) is 34.0 Å². The van der Waals surface area contributed by atoms with Crippen LogP contribution in [0.5, 0.6) is 0 Å². The van der Waals surface area contributed by atoms with Gasteiger partial charge in [-0.25, -0.2) is 13.4 Å². The van der Waals surface area contributed by atoms with Crippen LogP contribution >= 0.6 is 0 Å². The number of sulfone groups is 1. The highest BCUT2D eigenvalue weighted by atomic mass is 32.2. The van der Waals surface area contributed by atoms with Crippen molar-refractivity contribution in [1.82, 2.24) is 14.5 Å². The third kappa shape index (κ3) is 3.94. The van der Waals surface area contributed by atoms with Gasteiger partial charge in [-0.1, -0.05) is 13.3 Å². The molecule has 0 saturated carbocycles. The molecular formula is C17H25N3O4S. The van der Waals surface area contributed by atoms with Gasteiger partial charge in [-0.15, -0.1) is 0 Å². The lowest BCUT2D eigenvalue weighted by atomic mass is 10.2. The molecule has 1 aliphatic carbocycles. The summed E-state index contributed by atoms with van der Waals surface area (Å²) >= 11 is 0. The van der Waals surface area contributed by atoms with Crippen molar-refractivity contribution in [3.8, 4) is 0 Å². The van der Waals surface area contributed by atoms with E-state index in [2.05, 4.69) is 4.98 Å². The standard InChI is InChI=1S/C17H25N3O4S/c1-2-3-8-20(13-7-9-25(23,24)11-13)16(21)10-19-12-18-15-6-4-5-14(15)17(19)22/h12-13H,2-11H2,1H3. The second-order valence-corrected chi connectivity index (χ2v) is 9.18. The monoisotopic (exact) mass is 367 g/mol. The van der Waals surface area contributed by atoms with E-state index in [0.29, 0.717) is 13.0 Å². The number of aryl methyl sites for hydroxylation is 1. The number of amides is 1. The molecule has 3 rings (SSSR count). The summed E-state index contributed by atoms with van der Waals surface area (Å²) in [6, 6.07) is -0.276. The van der Waals surface area contributed by atoms with Gasteiger partial charge in [0, 0.05) is 18.2 Å². The maximum absolute atomic E-state index is 12.8. The van der Waals surface area contributed by atoms with E-state index in [9.17, 15) is 18.0 Å². The zero-order valence-electron chi connectivity index (χ0n) is 14.6. The van der Waals surface area contributed by atoms with Crippen LogP contribution in [-0.4, -0.2) is 52.9 Å². The number of carbonyl (C=O) groups excluding carboxylic acids is 1. The van der Waals surface area contributed by atoms with E-state index in [1.165, 1.54) is 10.9 Å². The van der Waals surface area contributed by atoms with Crippen LogP contribution in [0.3, 0.4) is 0 Å². The Morgan fingerprint density at radius 1 is 1.40 bits per heavy atom. The van der Waals surface area contributed by atoms with Crippen molar-refractivity contribution in [2.45, 2.75) is 58.0 Å². The van der Waals surface area contributed by atoms with E-state index in [1.807, 2.05) is 6.92 Å². The minimum Gasteiger partial charge on any atom is -0.337 e. The molecule has 1 fully saturated rings. The predicted molar refractivity (Wildman–Crippen MR) is 94.2 cm³/mol. The van der Waals surface area contributed by atoms with Crippen LogP contribution in [0.25, 0.3) is 0 Å². The molecule has 8 heteroatoms. The molecule has 2 heterocycles. The molecule has 0 bridgehead atoms. The Morgan fingerprint density at radius 2 is 2.20 bits per heavy atom. The van der Waals surface area contributed by atoms with Crippen LogP contribution in [0, 0.1) is 0 Å². The van der Waals surface area contributed by atoms with Gasteiger partial charge in [0.15, 0.2) is 9.84 Å². The lowest BCUT2D eigenvalue weighted by molar-refractivity contribution is -0.133. The second-order valence-electron chi connectivity index (χ2n) is 6.95. The van der Waals surface area contributed by atoms with E-state index in [-0.39, 0.29) is 35.6 Å². The molecule has 0 radical (unpaired) electrons. The van der Waals surface area contributed by atoms with Crippen LogP contribution in [0.4, 0.5) is 0 Å². The molecule has 25 heavy (non-hydrogen) atoms. The van der Waals surface area contributed by atoms with E-state index < -0.39 is 9.84 Å². The number of rotatable bonds is 6. The first-order valence-corrected chi connectivity index (χ1v) is 10.8. The van der Waals surface area contributed by atoms with Crippen molar-refractivity contribution in [1.29, 1.82) is 0 Å². The molecule has 1 aromatic rings. The van der Waals surface area contributed by atoms with Crippen molar-refractivity contribution in [2.24, 2.45) is 0 Å². The van der Waals surface area contributed by atoms with Crippen molar-refractivity contribution in [3.05, 3.63) is 27.9 Å². The summed E-state index contributed by atoms with van der Waals surface area (Å²) in [4.78, 5) is 31.3. The molecule has 1 atom stereocenters. The molecular weight excluding hydrogens is 342 g/mol. The Labute approximate surface area is 148 Å². The van der Waals surface area contributed by atoms with Crippen molar-refractivity contribution in [2.75, 3.05) is 18.1 Å². The first-order chi connectivity index (χ1) is 11.9. The van der Waals surface area contributed by atoms with Crippen LogP contribution < -0.4 is 5.56 Å². The SMILES string of the molecule is CCCCN(C(=O)Cn1cnc2c(c1=O)CCC2)C1CCS(=O)(=O)C1. The third-order valence-electron chi connectivity index (χ3n) is 5.09. The Hall–Kier alpha value is -1.70. The first kappa shape index (κ1) is 18.1. The minimum atomic E-state index is -3.06. The maximum Gasteiger partial charge on any atom is 0.257 e. The average Bonchev–Trinajstić information content (AvgIpc) is 3.17. The van der Waals surface area contributed by atoms with Gasteiger partial charge in [0.2, 0.25) is 5.91 Å². The summed E-state index contributed by atoms with van der Waals surface area (Å²) in [7, 11) is -3.06. The number of hydrogen-bond acceptors (Lipinski definition) is 5. The average molecular weight is 367 g/mol. The van der Waals surface area contributed by atoms with Crippen LogP contribution in [0.15, 0.2) is 11.1 Å². The molecule has 1 unspecified atom stereocenters. The molecule has 1 saturated heterocycles. The minimum absolute atomic E-state index is 0.0276. The van der Waals surface area contributed by atoms with E-state index in [4.69, 9.17) is 0 Å². The molecule has 2 aliphatic rings. The summed E-state index contributed by atoms with van der Waals surface area (Å²) in [5.41, 5.74) is 1.43. The second kappa shape index (κ2) is 7.27. The van der Waals surface area contributed by atoms with Crippen LogP contribution in [0.2, 0.25) is 0 Å². The summed E-state index contributed by atoms with van der Waals surface area (Å²) in [6.45, 7) is 2.49. The summed E-state index contributed by atoms with van der Waals surface area (Å²) in [5.74, 6) is -0.0364. The lowest BCUT2D eigenvalue weighted by Crippen LogP contribution is -2.44. The van der Waals surface area contributed by atoms with Gasteiger partial charge in [0.1, 0.15) is 6.54 Å². The van der Waals surface area contributed by atoms with Crippen LogP contribution in [0.1, 0.15) is 43.9 Å². The fraction of sp³-hybridized carbons (Fsp3) is 0.706. The zero-order valence-corrected chi connectivity index (χ0v) is 15.4. The van der Waals surface area contributed by atoms with Gasteiger partial charge < -0.3 is 4.90 Å². The summed E-state index contributed by atoms with van der Waals surface area (Å²) < 4.78 is 24.9. The predicted octanol–water partition coefficient (Wildman–Crippen LogP) is 0.548. The molecule has 1 amide bonds. The zero-order chi connectivity index (χ0) is 18.0. The largest absolute Gasteiger partial charge is 0.337 e. The number of fused-ring (bicyclic) bond motifs is 1. The molecule has 1 aliphatic heterocycles. The lowest BCUT2D eigenvalue weighted by Gasteiger charge is -2.28. The quantitative estimate of drug-likeness (QED) is 0.732. The first-order valence-electron chi connectivity index (χ1n) is 8.98. The number of aromatic nitrogens is 2. The van der Waals surface area contributed by atoms with E-state index in [1.54, 1.807) is 4.90 Å². The van der Waals surface area contributed by atoms with Gasteiger partial charge in [0.05, 0.1) is 23.5 Å². The molecule has 0 aromatic carbocycles. The summed E-state index contributed by atoms with van der Waals surface area (Å²) in [5, 5.41) is 0. The van der Waals surface area contributed by atoms with Gasteiger partial charge in [0.25, 0.3) is 5.56 Å². The topological polar surface area (TPSA) is 89.3 Å². The molecule has 0 spiro atoms. The maximum atomic E-state index is 12.8. The normalized spacial score (nSPS) is 21.2. The Balaban J connectivity index is 1.78. The fourth-order valence-corrected chi connectivity index (χ4v) is 5.41. The molecule has 0 N–H and O–H groups in total. The van der Waals surface area contributed by atoms with Crippen molar-refractivity contribution >= 4 is 15.7 Å². The Morgan fingerprint density at radius 3 is 2.88 bits per heavy atom. The number of hydrogen-bond donors (Lipinski definition) is 0. The fourth-order valence-electron chi connectivity index (χ4n) is 3.68. The summed E-state index contributed by atoms with van der Waals surface area (Å²) in [6.07, 6.45) is 6.14. The van der Waals surface area contributed by atoms with Gasteiger partial charge in [-0.2, -0.15) is 0 Å². The van der Waals surface area contributed by atoms with Crippen molar-refractivity contribution < 1.29 is 13.2 Å². The number of nitrogens with zero attached hydrogens (tertiary/aromatic N) is 3. The van der Waals surface area contributed by atoms with Gasteiger partial charge in [-0.05, 0) is 32.1 Å². The van der Waals surface area contributed by atoms with Crippen molar-refractivity contribution in [3.63, 3.8) is 0 Å². The van der Waals surface area contributed by atoms with E-state index >= 15 is 0 Å². The smallest absolute Gasteiger partial charge is 0.257 e. The van der Waals surface area contributed by atoms with Gasteiger partial charge in [-0.3, -0.25) is 14.2 Å².